The van der Waals surface area contributed by atoms with Gasteiger partial charge in [-0.1, -0.05) is 0 Å². The fourth-order valence-corrected chi connectivity index (χ4v) is 5.35. The van der Waals surface area contributed by atoms with Gasteiger partial charge in [0.2, 0.25) is 0 Å². The first-order valence-corrected chi connectivity index (χ1v) is 8.44. The fraction of sp³-hybridized carbons (Fsp3) is 0.769. The Kier molecular flexibility index (Phi) is 3.67. The lowest BCUT2D eigenvalue weighted by atomic mass is 9.93. The number of ether oxygens (including phenoxy) is 1. The molecule has 1 spiro atoms. The predicted molar refractivity (Wildman–Crippen MR) is 77.3 cm³/mol. The Balaban J connectivity index is 1.50. The average molecular weight is 284 g/mol. The zero-order chi connectivity index (χ0) is 12.6. The first-order chi connectivity index (χ1) is 8.71. The highest BCUT2D eigenvalue weighted by Crippen LogP contribution is 2.46. The highest BCUT2D eigenvalue weighted by atomic mass is 32.2. The molecule has 2 saturated heterocycles. The highest BCUT2D eigenvalue weighted by Gasteiger charge is 2.49. The van der Waals surface area contributed by atoms with E-state index in [1.54, 1.807) is 11.3 Å². The van der Waals surface area contributed by atoms with E-state index in [-0.39, 0.29) is 0 Å². The predicted octanol–water partition coefficient (Wildman–Crippen LogP) is 2.55. The minimum atomic E-state index is 0.493. The molecule has 2 fully saturated rings. The van der Waals surface area contributed by atoms with Gasteiger partial charge in [0.25, 0.3) is 0 Å². The first kappa shape index (κ1) is 12.9. The van der Waals surface area contributed by atoms with Crippen LogP contribution >= 0.6 is 23.1 Å². The Hall–Kier alpha value is -0.100. The molecule has 5 heteroatoms. The van der Waals surface area contributed by atoms with E-state index in [0.29, 0.717) is 10.9 Å². The summed E-state index contributed by atoms with van der Waals surface area (Å²) in [5.74, 6) is 1.18. The van der Waals surface area contributed by atoms with Crippen LogP contribution in [0.25, 0.3) is 0 Å². The summed E-state index contributed by atoms with van der Waals surface area (Å²) in [7, 11) is 0. The SMILES string of the molecule is CCO[C@H]1CSC2(C1)CN(Cc1scnc1C)C2. The van der Waals surface area contributed by atoms with Crippen LogP contribution in [-0.4, -0.2) is 46.2 Å². The molecule has 3 nitrogen and oxygen atoms in total. The molecule has 0 aliphatic carbocycles. The summed E-state index contributed by atoms with van der Waals surface area (Å²) >= 11 is 3.90. The number of hydrogen-bond donors (Lipinski definition) is 0. The second-order valence-corrected chi connectivity index (χ2v) is 7.71. The van der Waals surface area contributed by atoms with Crippen molar-refractivity contribution in [2.75, 3.05) is 25.4 Å². The molecule has 1 atom stereocenters. The summed E-state index contributed by atoms with van der Waals surface area (Å²) in [6, 6.07) is 0. The molecule has 1 aromatic heterocycles. The smallest absolute Gasteiger partial charge is 0.0798 e. The van der Waals surface area contributed by atoms with Gasteiger partial charge in [0.15, 0.2) is 0 Å². The van der Waals surface area contributed by atoms with Crippen LogP contribution in [0.2, 0.25) is 0 Å². The minimum Gasteiger partial charge on any atom is -0.378 e. The van der Waals surface area contributed by atoms with Gasteiger partial charge in [-0.2, -0.15) is 0 Å². The maximum absolute atomic E-state index is 5.75. The van der Waals surface area contributed by atoms with Crippen molar-refractivity contribution in [3.8, 4) is 0 Å². The normalized spacial score (nSPS) is 26.7. The van der Waals surface area contributed by atoms with Gasteiger partial charge < -0.3 is 4.74 Å². The topological polar surface area (TPSA) is 25.4 Å². The highest BCUT2D eigenvalue weighted by molar-refractivity contribution is 8.01. The molecule has 2 aliphatic heterocycles. The van der Waals surface area contributed by atoms with Gasteiger partial charge in [0, 0.05) is 41.6 Å². The van der Waals surface area contributed by atoms with Crippen LogP contribution in [0.3, 0.4) is 0 Å². The van der Waals surface area contributed by atoms with Crippen molar-refractivity contribution < 1.29 is 4.74 Å². The zero-order valence-electron chi connectivity index (χ0n) is 11.0. The van der Waals surface area contributed by atoms with Crippen LogP contribution in [-0.2, 0) is 11.3 Å². The van der Waals surface area contributed by atoms with E-state index in [4.69, 9.17) is 4.74 Å². The summed E-state index contributed by atoms with van der Waals surface area (Å²) < 4.78 is 6.25. The number of rotatable bonds is 4. The molecule has 0 radical (unpaired) electrons. The van der Waals surface area contributed by atoms with Crippen molar-refractivity contribution in [3.05, 3.63) is 16.1 Å². The Morgan fingerprint density at radius 1 is 1.56 bits per heavy atom. The van der Waals surface area contributed by atoms with E-state index < -0.39 is 0 Å². The number of hydrogen-bond acceptors (Lipinski definition) is 5. The van der Waals surface area contributed by atoms with Gasteiger partial charge in [0.05, 0.1) is 17.3 Å². The summed E-state index contributed by atoms with van der Waals surface area (Å²) in [6.07, 6.45) is 1.73. The van der Waals surface area contributed by atoms with E-state index in [0.717, 1.165) is 13.2 Å². The quantitative estimate of drug-likeness (QED) is 0.848. The summed E-state index contributed by atoms with van der Waals surface area (Å²) in [5, 5.41) is 0. The third-order valence-electron chi connectivity index (χ3n) is 3.81. The van der Waals surface area contributed by atoms with Gasteiger partial charge in [-0.3, -0.25) is 4.90 Å². The monoisotopic (exact) mass is 284 g/mol. The molecular weight excluding hydrogens is 264 g/mol. The van der Waals surface area contributed by atoms with E-state index in [1.807, 2.05) is 5.51 Å². The first-order valence-electron chi connectivity index (χ1n) is 6.58. The zero-order valence-corrected chi connectivity index (χ0v) is 12.6. The van der Waals surface area contributed by atoms with Crippen LogP contribution in [0.1, 0.15) is 23.9 Å². The minimum absolute atomic E-state index is 0.493. The molecule has 3 heterocycles. The van der Waals surface area contributed by atoms with E-state index >= 15 is 0 Å². The number of likely N-dealkylation sites (tertiary alicyclic amines) is 1. The summed E-state index contributed by atoms with van der Waals surface area (Å²) in [4.78, 5) is 8.29. The number of aromatic nitrogens is 1. The van der Waals surface area contributed by atoms with Crippen molar-refractivity contribution in [3.63, 3.8) is 0 Å². The van der Waals surface area contributed by atoms with Gasteiger partial charge in [-0.25, -0.2) is 4.98 Å². The lowest BCUT2D eigenvalue weighted by molar-refractivity contribution is 0.0420. The lowest BCUT2D eigenvalue weighted by Crippen LogP contribution is -2.58. The number of nitrogens with zero attached hydrogens (tertiary/aromatic N) is 2. The Bertz CT molecular complexity index is 415. The van der Waals surface area contributed by atoms with Crippen molar-refractivity contribution in [2.45, 2.75) is 37.7 Å². The molecule has 2 aliphatic rings. The van der Waals surface area contributed by atoms with Crippen molar-refractivity contribution in [1.82, 2.24) is 9.88 Å². The number of thiazole rings is 1. The van der Waals surface area contributed by atoms with Crippen molar-refractivity contribution in [2.24, 2.45) is 0 Å². The molecular formula is C13H20N2OS2. The Morgan fingerprint density at radius 2 is 2.39 bits per heavy atom. The molecule has 0 bridgehead atoms. The van der Waals surface area contributed by atoms with Crippen LogP contribution in [0.5, 0.6) is 0 Å². The molecule has 0 unspecified atom stereocenters. The third-order valence-corrected chi connectivity index (χ3v) is 6.31. The number of thioether (sulfide) groups is 1. The second kappa shape index (κ2) is 5.12. The molecule has 1 aromatic rings. The summed E-state index contributed by atoms with van der Waals surface area (Å²) in [5.41, 5.74) is 3.16. The third kappa shape index (κ3) is 2.46. The Morgan fingerprint density at radius 3 is 3.06 bits per heavy atom. The van der Waals surface area contributed by atoms with Gasteiger partial charge in [-0.15, -0.1) is 23.1 Å². The number of aryl methyl sites for hydroxylation is 1. The van der Waals surface area contributed by atoms with Crippen LogP contribution in [0.15, 0.2) is 5.51 Å². The van der Waals surface area contributed by atoms with Crippen LogP contribution in [0.4, 0.5) is 0 Å². The molecule has 0 amide bonds. The Labute approximate surface area is 117 Å². The maximum atomic E-state index is 5.75. The van der Waals surface area contributed by atoms with E-state index in [1.165, 1.54) is 35.8 Å². The van der Waals surface area contributed by atoms with Crippen LogP contribution < -0.4 is 0 Å². The molecule has 0 saturated carbocycles. The largest absolute Gasteiger partial charge is 0.378 e. The summed E-state index contributed by atoms with van der Waals surface area (Å²) in [6.45, 7) is 8.58. The van der Waals surface area contributed by atoms with E-state index in [9.17, 15) is 0 Å². The molecule has 0 aromatic carbocycles. The fourth-order valence-electron chi connectivity index (χ4n) is 2.93. The molecule has 0 N–H and O–H groups in total. The average Bonchev–Trinajstić information content (AvgIpc) is 2.87. The van der Waals surface area contributed by atoms with Gasteiger partial charge in [-0.05, 0) is 20.3 Å². The molecule has 100 valence electrons. The molecule has 18 heavy (non-hydrogen) atoms. The maximum Gasteiger partial charge on any atom is 0.0798 e. The van der Waals surface area contributed by atoms with Gasteiger partial charge >= 0.3 is 0 Å². The van der Waals surface area contributed by atoms with Gasteiger partial charge in [0.1, 0.15) is 0 Å². The standard InChI is InChI=1S/C13H20N2OS2/c1-3-16-11-4-13(18-6-11)7-15(8-13)5-12-10(2)14-9-17-12/h9,11H,3-8H2,1-2H3/t11-/m1/s1. The van der Waals surface area contributed by atoms with E-state index in [2.05, 4.69) is 35.5 Å². The van der Waals surface area contributed by atoms with Crippen molar-refractivity contribution >= 4 is 23.1 Å². The molecule has 3 rings (SSSR count). The second-order valence-electron chi connectivity index (χ2n) is 5.28. The lowest BCUT2D eigenvalue weighted by Gasteiger charge is -2.47. The van der Waals surface area contributed by atoms with Crippen molar-refractivity contribution in [1.29, 1.82) is 0 Å². The van der Waals surface area contributed by atoms with Crippen LogP contribution in [0, 0.1) is 6.92 Å².